The van der Waals surface area contributed by atoms with Crippen molar-refractivity contribution < 1.29 is 9.47 Å². The van der Waals surface area contributed by atoms with Crippen LogP contribution in [0, 0.1) is 11.3 Å². The standard InChI is InChI=1S/C23H17N5O2S/c1-28-18-12-26-17-10-19(29-2)20(30-13-21-25-7-8-31-21)9-16(17)22(18)23(27-28)15-5-3-14(11-24)4-6-15/h3-10,12H,13H2,1-2H3. The smallest absolute Gasteiger partial charge is 0.162 e. The third-order valence-corrected chi connectivity index (χ3v) is 5.84. The molecule has 0 atom stereocenters. The van der Waals surface area contributed by atoms with Crippen molar-refractivity contribution in [2.45, 2.75) is 6.61 Å². The molecule has 31 heavy (non-hydrogen) atoms. The molecule has 0 radical (unpaired) electrons. The Kier molecular flexibility index (Phi) is 4.73. The van der Waals surface area contributed by atoms with Crippen LogP contribution in [0.4, 0.5) is 0 Å². The Bertz CT molecular complexity index is 1430. The van der Waals surface area contributed by atoms with Gasteiger partial charge in [0.05, 0.1) is 36.0 Å². The van der Waals surface area contributed by atoms with Crippen LogP contribution in [-0.2, 0) is 13.7 Å². The van der Waals surface area contributed by atoms with E-state index in [-0.39, 0.29) is 0 Å². The van der Waals surface area contributed by atoms with E-state index in [1.807, 2.05) is 47.6 Å². The van der Waals surface area contributed by atoms with Crippen LogP contribution in [0.1, 0.15) is 10.6 Å². The minimum Gasteiger partial charge on any atom is -0.493 e. The number of pyridine rings is 1. The van der Waals surface area contributed by atoms with E-state index < -0.39 is 0 Å². The lowest BCUT2D eigenvalue weighted by atomic mass is 10.0. The molecule has 7 nitrogen and oxygen atoms in total. The maximum absolute atomic E-state index is 9.11. The molecular formula is C23H17N5O2S. The van der Waals surface area contributed by atoms with E-state index in [0.29, 0.717) is 23.7 Å². The molecule has 0 aliphatic carbocycles. The highest BCUT2D eigenvalue weighted by atomic mass is 32.1. The van der Waals surface area contributed by atoms with Gasteiger partial charge >= 0.3 is 0 Å². The van der Waals surface area contributed by atoms with Crippen molar-refractivity contribution in [3.8, 4) is 28.8 Å². The van der Waals surface area contributed by atoms with Crippen LogP contribution in [0.5, 0.6) is 11.5 Å². The predicted octanol–water partition coefficient (Wildman–Crippen LogP) is 4.70. The van der Waals surface area contributed by atoms with E-state index in [9.17, 15) is 0 Å². The molecule has 0 saturated carbocycles. The lowest BCUT2D eigenvalue weighted by Crippen LogP contribution is -1.98. The Hall–Kier alpha value is -3.96. The highest BCUT2D eigenvalue weighted by molar-refractivity contribution is 7.09. The summed E-state index contributed by atoms with van der Waals surface area (Å²) in [6.45, 7) is 0.360. The molecule has 0 aliphatic rings. The van der Waals surface area contributed by atoms with E-state index in [0.717, 1.165) is 38.1 Å². The van der Waals surface area contributed by atoms with E-state index >= 15 is 0 Å². The maximum atomic E-state index is 9.11. The molecule has 152 valence electrons. The van der Waals surface area contributed by atoms with Gasteiger partial charge in [-0.25, -0.2) is 4.98 Å². The number of methoxy groups -OCH3 is 1. The number of hydrogen-bond donors (Lipinski definition) is 0. The molecule has 0 fully saturated rings. The van der Waals surface area contributed by atoms with Crippen LogP contribution in [0.3, 0.4) is 0 Å². The minimum absolute atomic E-state index is 0.360. The summed E-state index contributed by atoms with van der Waals surface area (Å²) < 4.78 is 13.4. The molecule has 8 heteroatoms. The van der Waals surface area contributed by atoms with Crippen molar-refractivity contribution in [1.29, 1.82) is 5.26 Å². The summed E-state index contributed by atoms with van der Waals surface area (Å²) in [5, 5.41) is 18.5. The van der Waals surface area contributed by atoms with Gasteiger partial charge in [0.2, 0.25) is 0 Å². The first-order valence-electron chi connectivity index (χ1n) is 9.53. The first kappa shape index (κ1) is 19.0. The fraction of sp³-hybridized carbons (Fsp3) is 0.130. The molecule has 0 spiro atoms. The average molecular weight is 427 g/mol. The second-order valence-corrected chi connectivity index (χ2v) is 7.89. The number of benzene rings is 2. The van der Waals surface area contributed by atoms with Gasteiger partial charge in [-0.1, -0.05) is 12.1 Å². The summed E-state index contributed by atoms with van der Waals surface area (Å²) in [6, 6.07) is 13.4. The monoisotopic (exact) mass is 427 g/mol. The zero-order valence-electron chi connectivity index (χ0n) is 16.9. The van der Waals surface area contributed by atoms with Crippen molar-refractivity contribution in [2.24, 2.45) is 7.05 Å². The Morgan fingerprint density at radius 3 is 2.68 bits per heavy atom. The zero-order chi connectivity index (χ0) is 21.4. The van der Waals surface area contributed by atoms with Gasteiger partial charge in [-0.3, -0.25) is 9.67 Å². The predicted molar refractivity (Wildman–Crippen MR) is 119 cm³/mol. The van der Waals surface area contributed by atoms with Crippen molar-refractivity contribution in [3.05, 3.63) is 64.7 Å². The molecular weight excluding hydrogens is 410 g/mol. The Labute approximate surface area is 182 Å². The van der Waals surface area contributed by atoms with Crippen LogP contribution < -0.4 is 9.47 Å². The quantitative estimate of drug-likeness (QED) is 0.404. The molecule has 5 rings (SSSR count). The first-order valence-corrected chi connectivity index (χ1v) is 10.4. The number of hydrogen-bond acceptors (Lipinski definition) is 7. The Morgan fingerprint density at radius 2 is 1.97 bits per heavy atom. The summed E-state index contributed by atoms with van der Waals surface area (Å²) in [7, 11) is 3.51. The fourth-order valence-corrected chi connectivity index (χ4v) is 4.11. The van der Waals surface area contributed by atoms with Crippen LogP contribution in [-0.4, -0.2) is 26.9 Å². The number of ether oxygens (including phenoxy) is 2. The minimum atomic E-state index is 0.360. The lowest BCUT2D eigenvalue weighted by molar-refractivity contribution is 0.284. The van der Waals surface area contributed by atoms with Gasteiger partial charge in [0.25, 0.3) is 0 Å². The number of nitrogens with zero attached hydrogens (tertiary/aromatic N) is 5. The number of aromatic nitrogens is 4. The topological polar surface area (TPSA) is 85.8 Å². The van der Waals surface area contributed by atoms with Gasteiger partial charge in [-0.05, 0) is 18.2 Å². The third-order valence-electron chi connectivity index (χ3n) is 5.09. The van der Waals surface area contributed by atoms with Crippen molar-refractivity contribution in [2.75, 3.05) is 7.11 Å². The second kappa shape index (κ2) is 7.70. The SMILES string of the molecule is COc1cc2ncc3c(c(-c4ccc(C#N)cc4)nn3C)c2cc1OCc1nccs1. The lowest BCUT2D eigenvalue weighted by Gasteiger charge is -2.12. The number of nitriles is 1. The number of rotatable bonds is 5. The van der Waals surface area contributed by atoms with Crippen LogP contribution in [0.2, 0.25) is 0 Å². The van der Waals surface area contributed by atoms with Gasteiger partial charge in [0.15, 0.2) is 11.5 Å². The molecule has 0 unspecified atom stereocenters. The second-order valence-electron chi connectivity index (χ2n) is 6.91. The molecule has 3 heterocycles. The summed E-state index contributed by atoms with van der Waals surface area (Å²) in [4.78, 5) is 8.89. The molecule has 0 amide bonds. The Morgan fingerprint density at radius 1 is 1.13 bits per heavy atom. The van der Waals surface area contributed by atoms with Crippen LogP contribution in [0.25, 0.3) is 33.1 Å². The van der Waals surface area contributed by atoms with Crippen molar-refractivity contribution >= 4 is 33.1 Å². The van der Waals surface area contributed by atoms with Crippen molar-refractivity contribution in [1.82, 2.24) is 19.7 Å². The molecule has 3 aromatic heterocycles. The maximum Gasteiger partial charge on any atom is 0.162 e. The highest BCUT2D eigenvalue weighted by Gasteiger charge is 2.18. The zero-order valence-corrected chi connectivity index (χ0v) is 17.7. The summed E-state index contributed by atoms with van der Waals surface area (Å²) in [5.41, 5.74) is 4.05. The van der Waals surface area contributed by atoms with E-state index in [2.05, 4.69) is 16.0 Å². The molecule has 0 aliphatic heterocycles. The van der Waals surface area contributed by atoms with Gasteiger partial charge in [0.1, 0.15) is 17.3 Å². The van der Waals surface area contributed by atoms with E-state index in [4.69, 9.17) is 19.8 Å². The van der Waals surface area contributed by atoms with Gasteiger partial charge < -0.3 is 9.47 Å². The van der Waals surface area contributed by atoms with Gasteiger partial charge in [-0.2, -0.15) is 10.4 Å². The third kappa shape index (κ3) is 3.35. The number of thiazole rings is 1. The van der Waals surface area contributed by atoms with E-state index in [1.165, 1.54) is 0 Å². The van der Waals surface area contributed by atoms with Crippen LogP contribution >= 0.6 is 11.3 Å². The summed E-state index contributed by atoms with van der Waals surface area (Å²) in [6.07, 6.45) is 3.57. The average Bonchev–Trinajstić information content (AvgIpc) is 3.45. The van der Waals surface area contributed by atoms with Crippen molar-refractivity contribution in [3.63, 3.8) is 0 Å². The molecule has 2 aromatic carbocycles. The summed E-state index contributed by atoms with van der Waals surface area (Å²) >= 11 is 1.54. The number of fused-ring (bicyclic) bond motifs is 3. The number of aryl methyl sites for hydroxylation is 1. The van der Waals surface area contributed by atoms with Gasteiger partial charge in [0, 0.05) is 41.0 Å². The molecule has 5 aromatic rings. The fourth-order valence-electron chi connectivity index (χ4n) is 3.58. The van der Waals surface area contributed by atoms with Gasteiger partial charge in [-0.15, -0.1) is 11.3 Å². The van der Waals surface area contributed by atoms with Crippen LogP contribution in [0.15, 0.2) is 54.2 Å². The molecule has 0 saturated heterocycles. The van der Waals surface area contributed by atoms with E-state index in [1.54, 1.807) is 36.8 Å². The normalized spacial score (nSPS) is 11.0. The Balaban J connectivity index is 1.70. The highest BCUT2D eigenvalue weighted by Crippen LogP contribution is 2.38. The molecule has 0 bridgehead atoms. The largest absolute Gasteiger partial charge is 0.493 e. The first-order chi connectivity index (χ1) is 15.2. The molecule has 0 N–H and O–H groups in total. The summed E-state index contributed by atoms with van der Waals surface area (Å²) in [5.74, 6) is 1.23.